The van der Waals surface area contributed by atoms with E-state index in [9.17, 15) is 24.0 Å². The van der Waals surface area contributed by atoms with E-state index in [2.05, 4.69) is 46.7 Å². The second-order valence-electron chi connectivity index (χ2n) is 14.6. The zero-order valence-corrected chi connectivity index (χ0v) is 29.1. The topological polar surface area (TPSA) is 149 Å². The molecule has 0 aromatic rings. The number of hydrogen-bond donors (Lipinski definition) is 4. The number of thioether (sulfide) groups is 1. The van der Waals surface area contributed by atoms with Crippen LogP contribution in [-0.4, -0.2) is 89.0 Å². The second kappa shape index (κ2) is 15.1. The summed E-state index contributed by atoms with van der Waals surface area (Å²) in [6.45, 7) is 20.7. The summed E-state index contributed by atoms with van der Waals surface area (Å²) in [4.78, 5) is 73.2. The maximum absolute atomic E-state index is 14.3. The van der Waals surface area contributed by atoms with Crippen molar-refractivity contribution in [3.05, 3.63) is 12.7 Å². The van der Waals surface area contributed by atoms with Gasteiger partial charge in [-0.1, -0.05) is 74.3 Å². The van der Waals surface area contributed by atoms with Gasteiger partial charge in [-0.05, 0) is 35.0 Å². The highest BCUT2D eigenvalue weighted by atomic mass is 32.2. The molecule has 1 aliphatic carbocycles. The number of hydrogen-bond acceptors (Lipinski definition) is 7. The number of unbranched alkanes of at least 4 members (excludes halogenated alkanes) is 1. The molecule has 12 heteroatoms. The predicted molar refractivity (Wildman–Crippen MR) is 179 cm³/mol. The fourth-order valence-electron chi connectivity index (χ4n) is 6.46. The van der Waals surface area contributed by atoms with Crippen molar-refractivity contribution in [2.75, 3.05) is 25.4 Å². The van der Waals surface area contributed by atoms with Gasteiger partial charge in [-0.25, -0.2) is 4.79 Å². The van der Waals surface area contributed by atoms with Crippen LogP contribution in [0.3, 0.4) is 0 Å². The number of amides is 5. The number of nitrogens with zero attached hydrogens (tertiary/aromatic N) is 2. The van der Waals surface area contributed by atoms with Gasteiger partial charge in [0.1, 0.15) is 12.1 Å². The molecule has 2 fully saturated rings. The minimum absolute atomic E-state index is 0.0950. The predicted octanol–water partition coefficient (Wildman–Crippen LogP) is 3.29. The Morgan fingerprint density at radius 2 is 1.82 bits per heavy atom. The van der Waals surface area contributed by atoms with Crippen LogP contribution in [0.5, 0.6) is 0 Å². The maximum Gasteiger partial charge on any atom is 0.315 e. The molecule has 1 unspecified atom stereocenters. The summed E-state index contributed by atoms with van der Waals surface area (Å²) in [5.74, 6) is -1.14. The van der Waals surface area contributed by atoms with Gasteiger partial charge in [-0.2, -0.15) is 0 Å². The molecule has 2 aliphatic heterocycles. The van der Waals surface area contributed by atoms with E-state index in [1.54, 1.807) is 16.7 Å². The summed E-state index contributed by atoms with van der Waals surface area (Å²) in [6, 6.07) is -3.31. The largest absolute Gasteiger partial charge is 0.346 e. The summed E-state index contributed by atoms with van der Waals surface area (Å²) in [7, 11) is 0. The molecule has 4 N–H and O–H groups in total. The third-order valence-electron chi connectivity index (χ3n) is 9.42. The molecular formula is C33H54N6O5S. The summed E-state index contributed by atoms with van der Waals surface area (Å²) in [5.41, 5.74) is -0.810. The Labute approximate surface area is 272 Å². The monoisotopic (exact) mass is 646 g/mol. The highest BCUT2D eigenvalue weighted by Crippen LogP contribution is 2.65. The number of carbonyl (C=O) groups excluding carboxylic acids is 5. The molecule has 0 spiro atoms. The lowest BCUT2D eigenvalue weighted by Crippen LogP contribution is -2.62. The zero-order chi connectivity index (χ0) is 33.7. The van der Waals surface area contributed by atoms with Crippen LogP contribution in [0.4, 0.5) is 4.79 Å². The fourth-order valence-corrected chi connectivity index (χ4v) is 7.36. The number of nitrogens with one attached hydrogen (secondary N) is 4. The van der Waals surface area contributed by atoms with Gasteiger partial charge >= 0.3 is 6.03 Å². The minimum atomic E-state index is -1.00. The molecule has 5 amide bonds. The van der Waals surface area contributed by atoms with Crippen LogP contribution < -0.4 is 21.3 Å². The first kappa shape index (κ1) is 36.6. The van der Waals surface area contributed by atoms with Gasteiger partial charge in [0.05, 0.1) is 11.1 Å². The lowest BCUT2D eigenvalue weighted by molar-refractivity contribution is -0.145. The Morgan fingerprint density at radius 3 is 2.38 bits per heavy atom. The lowest BCUT2D eigenvalue weighted by atomic mass is 9.85. The third-order valence-corrected chi connectivity index (χ3v) is 10.4. The number of carbonyl (C=O) groups is 5. The van der Waals surface area contributed by atoms with Crippen molar-refractivity contribution in [3.8, 4) is 0 Å². The van der Waals surface area contributed by atoms with E-state index in [1.165, 1.54) is 6.08 Å². The standard InChI is InChI=1S/C33H54N6O5S/c1-10-12-13-21(26(40)29(42)35-14-11-2)36-28(41)25-24-20(33(24,8)9)18-39(25)30(43)27(32(5,6)7)38-31(44)37-22(19(3)4)17-23-34-15-16-45-23/h11,19-22,24-25,27H,2,10,12-18H2,1,3-9H3,(H,35,42)(H,36,41)(H2,37,38,44)/t20-,21?,22+,24-,25-,27+/m0/s1. The van der Waals surface area contributed by atoms with Gasteiger partial charge in [-0.15, -0.1) is 18.3 Å². The van der Waals surface area contributed by atoms with Crippen LogP contribution >= 0.6 is 11.8 Å². The Hall–Kier alpha value is -2.89. The molecule has 1 saturated carbocycles. The number of aliphatic imine (C=N–C) groups is 1. The SMILES string of the molecule is C=CCNC(=O)C(=O)C(CCCC)NC(=O)[C@@H]1[C@@H]2[C@H](CN1C(=O)[C@@H](NC(=O)N[C@H](CC1=NCCS1)C(C)C)C(C)(C)C)C2(C)C. The summed E-state index contributed by atoms with van der Waals surface area (Å²) in [5, 5.41) is 12.4. The molecule has 0 bridgehead atoms. The van der Waals surface area contributed by atoms with E-state index in [-0.39, 0.29) is 41.7 Å². The number of likely N-dealkylation sites (tertiary alicyclic amines) is 1. The van der Waals surface area contributed by atoms with E-state index < -0.39 is 47.2 Å². The van der Waals surface area contributed by atoms with Crippen molar-refractivity contribution < 1.29 is 24.0 Å². The number of urea groups is 1. The minimum Gasteiger partial charge on any atom is -0.346 e. The maximum atomic E-state index is 14.3. The average molecular weight is 647 g/mol. The van der Waals surface area contributed by atoms with E-state index in [4.69, 9.17) is 0 Å². The molecule has 252 valence electrons. The van der Waals surface area contributed by atoms with Crippen LogP contribution in [0.1, 0.15) is 81.1 Å². The molecule has 0 aromatic heterocycles. The number of rotatable bonds is 15. The fraction of sp³-hybridized carbons (Fsp3) is 0.758. The number of fused-ring (bicyclic) bond motifs is 1. The number of Topliss-reactive ketones (excluding diaryl/α,β-unsaturated/α-hetero) is 1. The molecule has 45 heavy (non-hydrogen) atoms. The van der Waals surface area contributed by atoms with Crippen LogP contribution in [0.15, 0.2) is 17.6 Å². The van der Waals surface area contributed by atoms with Gasteiger partial charge in [0, 0.05) is 37.8 Å². The van der Waals surface area contributed by atoms with E-state index in [0.717, 1.165) is 23.8 Å². The molecule has 0 radical (unpaired) electrons. The Balaban J connectivity index is 1.80. The zero-order valence-electron chi connectivity index (χ0n) is 28.3. The van der Waals surface area contributed by atoms with Crippen molar-refractivity contribution >= 4 is 46.3 Å². The Morgan fingerprint density at radius 1 is 1.13 bits per heavy atom. The highest BCUT2D eigenvalue weighted by Gasteiger charge is 2.70. The van der Waals surface area contributed by atoms with Crippen molar-refractivity contribution in [1.82, 2.24) is 26.2 Å². The first-order chi connectivity index (χ1) is 21.0. The smallest absolute Gasteiger partial charge is 0.315 e. The van der Waals surface area contributed by atoms with Crippen LogP contribution in [0, 0.1) is 28.6 Å². The van der Waals surface area contributed by atoms with Crippen molar-refractivity contribution in [3.63, 3.8) is 0 Å². The van der Waals surface area contributed by atoms with E-state index >= 15 is 0 Å². The van der Waals surface area contributed by atoms with Crippen LogP contribution in [-0.2, 0) is 19.2 Å². The van der Waals surface area contributed by atoms with Gasteiger partial charge in [-0.3, -0.25) is 24.2 Å². The molecule has 3 rings (SSSR count). The first-order valence-electron chi connectivity index (χ1n) is 16.3. The highest BCUT2D eigenvalue weighted by molar-refractivity contribution is 8.14. The number of piperidine rings is 1. The van der Waals surface area contributed by atoms with Crippen LogP contribution in [0.25, 0.3) is 0 Å². The van der Waals surface area contributed by atoms with Gasteiger partial charge in [0.25, 0.3) is 5.91 Å². The van der Waals surface area contributed by atoms with Gasteiger partial charge in [0.2, 0.25) is 17.6 Å². The van der Waals surface area contributed by atoms with E-state index in [1.807, 2.05) is 41.5 Å². The molecule has 6 atom stereocenters. The third kappa shape index (κ3) is 8.89. The molecule has 11 nitrogen and oxygen atoms in total. The van der Waals surface area contributed by atoms with Crippen molar-refractivity contribution in [2.45, 2.75) is 105 Å². The van der Waals surface area contributed by atoms with Gasteiger partial charge in [0.15, 0.2) is 0 Å². The lowest BCUT2D eigenvalue weighted by Gasteiger charge is -2.38. The van der Waals surface area contributed by atoms with E-state index in [0.29, 0.717) is 25.8 Å². The van der Waals surface area contributed by atoms with Crippen LogP contribution in [0.2, 0.25) is 0 Å². The Kier molecular flexibility index (Phi) is 12.3. The summed E-state index contributed by atoms with van der Waals surface area (Å²) < 4.78 is 0. The second-order valence-corrected chi connectivity index (χ2v) is 15.7. The van der Waals surface area contributed by atoms with Crippen molar-refractivity contribution in [2.24, 2.45) is 33.6 Å². The molecule has 3 aliphatic rings. The molecule has 2 heterocycles. The van der Waals surface area contributed by atoms with Crippen molar-refractivity contribution in [1.29, 1.82) is 0 Å². The normalized spacial score (nSPS) is 23.7. The molecule has 0 aromatic carbocycles. The average Bonchev–Trinajstić information content (AvgIpc) is 3.39. The quantitative estimate of drug-likeness (QED) is 0.159. The summed E-state index contributed by atoms with van der Waals surface area (Å²) >= 11 is 1.71. The first-order valence-corrected chi connectivity index (χ1v) is 17.3. The summed E-state index contributed by atoms with van der Waals surface area (Å²) in [6.07, 6.45) is 3.86. The number of ketones is 1. The van der Waals surface area contributed by atoms with Gasteiger partial charge < -0.3 is 26.2 Å². The Bertz CT molecular complexity index is 1180. The molecule has 1 saturated heterocycles. The molecular weight excluding hydrogens is 592 g/mol.